The molecule has 0 spiro atoms. The number of piperidine rings is 1. The lowest BCUT2D eigenvalue weighted by Crippen LogP contribution is -2.48. The van der Waals surface area contributed by atoms with Crippen molar-refractivity contribution in [2.45, 2.75) is 39.7 Å². The molecular weight excluding hydrogens is 304 g/mol. The van der Waals surface area contributed by atoms with Gasteiger partial charge in [-0.05, 0) is 43.2 Å². The summed E-state index contributed by atoms with van der Waals surface area (Å²) >= 11 is 0. The second-order valence-corrected chi connectivity index (χ2v) is 6.81. The van der Waals surface area contributed by atoms with E-state index in [2.05, 4.69) is 22.2 Å². The minimum atomic E-state index is -0.0604. The second-order valence-electron chi connectivity index (χ2n) is 6.81. The van der Waals surface area contributed by atoms with E-state index in [1.54, 1.807) is 0 Å². The standard InChI is InChI=1S/C18H26N4O2/c1-3-18(12-23)7-9-22(10-8-18)17(24)19-11-15-20-14-6-4-5-13(2)16(14)21-15/h4-6,23H,3,7-12H2,1-2H3,(H,19,24)(H,20,21). The van der Waals surface area contributed by atoms with Crippen LogP contribution in [0.3, 0.4) is 0 Å². The molecule has 0 aliphatic carbocycles. The van der Waals surface area contributed by atoms with Gasteiger partial charge in [-0.3, -0.25) is 0 Å². The van der Waals surface area contributed by atoms with E-state index in [0.29, 0.717) is 19.6 Å². The van der Waals surface area contributed by atoms with Gasteiger partial charge >= 0.3 is 6.03 Å². The maximum atomic E-state index is 12.4. The van der Waals surface area contributed by atoms with E-state index < -0.39 is 0 Å². The number of aliphatic hydroxyl groups excluding tert-OH is 1. The first-order valence-corrected chi connectivity index (χ1v) is 8.65. The van der Waals surface area contributed by atoms with Crippen molar-refractivity contribution in [3.63, 3.8) is 0 Å². The number of H-pyrrole nitrogens is 1. The van der Waals surface area contributed by atoms with E-state index in [-0.39, 0.29) is 18.1 Å². The van der Waals surface area contributed by atoms with Gasteiger partial charge in [-0.1, -0.05) is 19.1 Å². The average molecular weight is 330 g/mol. The van der Waals surface area contributed by atoms with Gasteiger partial charge < -0.3 is 20.3 Å². The predicted octanol–water partition coefficient (Wildman–Crippen LogP) is 2.57. The third-order valence-corrected chi connectivity index (χ3v) is 5.37. The first-order valence-electron chi connectivity index (χ1n) is 8.65. The van der Waals surface area contributed by atoms with Crippen LogP contribution in [0, 0.1) is 12.3 Å². The van der Waals surface area contributed by atoms with Crippen LogP contribution in [0.5, 0.6) is 0 Å². The van der Waals surface area contributed by atoms with E-state index in [0.717, 1.165) is 41.7 Å². The van der Waals surface area contributed by atoms with Crippen LogP contribution in [-0.2, 0) is 6.54 Å². The van der Waals surface area contributed by atoms with Crippen molar-refractivity contribution >= 4 is 17.1 Å². The predicted molar refractivity (Wildman–Crippen MR) is 93.7 cm³/mol. The van der Waals surface area contributed by atoms with Crippen LogP contribution in [0.25, 0.3) is 11.0 Å². The number of nitrogens with one attached hydrogen (secondary N) is 2. The molecule has 130 valence electrons. The first kappa shape index (κ1) is 16.8. The number of imidazole rings is 1. The Labute approximate surface area is 142 Å². The number of aromatic amines is 1. The zero-order valence-electron chi connectivity index (χ0n) is 14.4. The topological polar surface area (TPSA) is 81.2 Å². The van der Waals surface area contributed by atoms with Crippen molar-refractivity contribution < 1.29 is 9.90 Å². The summed E-state index contributed by atoms with van der Waals surface area (Å²) in [5.74, 6) is 0.767. The van der Waals surface area contributed by atoms with Crippen LogP contribution < -0.4 is 5.32 Å². The fourth-order valence-electron chi connectivity index (χ4n) is 3.39. The highest BCUT2D eigenvalue weighted by Crippen LogP contribution is 2.34. The van der Waals surface area contributed by atoms with E-state index in [9.17, 15) is 9.90 Å². The fraction of sp³-hybridized carbons (Fsp3) is 0.556. The van der Waals surface area contributed by atoms with Gasteiger partial charge in [-0.25, -0.2) is 9.78 Å². The number of aromatic nitrogens is 2. The minimum Gasteiger partial charge on any atom is -0.396 e. The molecule has 0 atom stereocenters. The summed E-state index contributed by atoms with van der Waals surface area (Å²) in [6.07, 6.45) is 2.67. The van der Waals surface area contributed by atoms with Crippen LogP contribution in [0.1, 0.15) is 37.6 Å². The summed E-state index contributed by atoms with van der Waals surface area (Å²) < 4.78 is 0. The molecule has 2 heterocycles. The number of para-hydroxylation sites is 1. The van der Waals surface area contributed by atoms with Crippen molar-refractivity contribution in [3.05, 3.63) is 29.6 Å². The summed E-state index contributed by atoms with van der Waals surface area (Å²) in [6, 6.07) is 5.95. The Bertz CT molecular complexity index is 711. The molecule has 24 heavy (non-hydrogen) atoms. The van der Waals surface area contributed by atoms with E-state index in [1.807, 2.05) is 30.0 Å². The van der Waals surface area contributed by atoms with Crippen molar-refractivity contribution in [2.75, 3.05) is 19.7 Å². The summed E-state index contributed by atoms with van der Waals surface area (Å²) in [6.45, 7) is 6.12. The van der Waals surface area contributed by atoms with Gasteiger partial charge in [0.2, 0.25) is 0 Å². The van der Waals surface area contributed by atoms with Crippen LogP contribution in [0.2, 0.25) is 0 Å². The van der Waals surface area contributed by atoms with Gasteiger partial charge in [-0.2, -0.15) is 0 Å². The molecular formula is C18H26N4O2. The number of hydrogen-bond donors (Lipinski definition) is 3. The molecule has 0 bridgehead atoms. The molecule has 6 nitrogen and oxygen atoms in total. The summed E-state index contributed by atoms with van der Waals surface area (Å²) in [5.41, 5.74) is 3.06. The van der Waals surface area contributed by atoms with Gasteiger partial charge in [-0.15, -0.1) is 0 Å². The lowest BCUT2D eigenvalue weighted by molar-refractivity contribution is 0.0519. The van der Waals surface area contributed by atoms with Crippen molar-refractivity contribution in [1.82, 2.24) is 20.2 Å². The molecule has 6 heteroatoms. The lowest BCUT2D eigenvalue weighted by Gasteiger charge is -2.40. The number of aliphatic hydroxyl groups is 1. The average Bonchev–Trinajstić information content (AvgIpc) is 3.04. The molecule has 0 radical (unpaired) electrons. The SMILES string of the molecule is CCC1(CO)CCN(C(=O)NCc2nc3c(C)cccc3[nH]2)CC1. The molecule has 1 aromatic carbocycles. The Kier molecular flexibility index (Phi) is 4.76. The minimum absolute atomic E-state index is 0.00690. The third-order valence-electron chi connectivity index (χ3n) is 5.37. The Balaban J connectivity index is 1.56. The molecule has 3 rings (SSSR count). The molecule has 1 fully saturated rings. The number of fused-ring (bicyclic) bond motifs is 1. The van der Waals surface area contributed by atoms with Gasteiger partial charge in [0.25, 0.3) is 0 Å². The normalized spacial score (nSPS) is 17.2. The smallest absolute Gasteiger partial charge is 0.317 e. The lowest BCUT2D eigenvalue weighted by atomic mass is 9.77. The maximum absolute atomic E-state index is 12.4. The Morgan fingerprint density at radius 1 is 1.42 bits per heavy atom. The highest BCUT2D eigenvalue weighted by Gasteiger charge is 2.33. The number of urea groups is 1. The van der Waals surface area contributed by atoms with Crippen LogP contribution in [0.15, 0.2) is 18.2 Å². The zero-order chi connectivity index (χ0) is 17.2. The maximum Gasteiger partial charge on any atom is 0.317 e. The van der Waals surface area contributed by atoms with Crippen molar-refractivity contribution in [1.29, 1.82) is 0 Å². The fourth-order valence-corrected chi connectivity index (χ4v) is 3.39. The number of amides is 2. The number of carbonyl (C=O) groups is 1. The molecule has 1 saturated heterocycles. The Morgan fingerprint density at radius 2 is 2.17 bits per heavy atom. The number of carbonyl (C=O) groups excluding carboxylic acids is 1. The number of aryl methyl sites for hydroxylation is 1. The van der Waals surface area contributed by atoms with Gasteiger partial charge in [0.1, 0.15) is 5.82 Å². The summed E-state index contributed by atoms with van der Waals surface area (Å²) in [4.78, 5) is 22.0. The monoisotopic (exact) mass is 330 g/mol. The van der Waals surface area contributed by atoms with Crippen LogP contribution in [-0.4, -0.2) is 45.7 Å². The highest BCUT2D eigenvalue weighted by molar-refractivity contribution is 5.79. The number of hydrogen-bond acceptors (Lipinski definition) is 3. The number of likely N-dealkylation sites (tertiary alicyclic amines) is 1. The molecule has 2 aromatic rings. The Hall–Kier alpha value is -2.08. The molecule has 1 aliphatic heterocycles. The van der Waals surface area contributed by atoms with Crippen molar-refractivity contribution in [2.24, 2.45) is 5.41 Å². The van der Waals surface area contributed by atoms with E-state index in [1.165, 1.54) is 0 Å². The number of rotatable bonds is 4. The molecule has 1 aliphatic rings. The zero-order valence-corrected chi connectivity index (χ0v) is 14.4. The Morgan fingerprint density at radius 3 is 2.79 bits per heavy atom. The summed E-state index contributed by atoms with van der Waals surface area (Å²) in [7, 11) is 0. The van der Waals surface area contributed by atoms with E-state index in [4.69, 9.17) is 0 Å². The summed E-state index contributed by atoms with van der Waals surface area (Å²) in [5, 5.41) is 12.5. The van der Waals surface area contributed by atoms with Crippen LogP contribution >= 0.6 is 0 Å². The molecule has 2 amide bonds. The van der Waals surface area contributed by atoms with Gasteiger partial charge in [0.15, 0.2) is 0 Å². The number of nitrogens with zero attached hydrogens (tertiary/aromatic N) is 2. The number of benzene rings is 1. The molecule has 0 unspecified atom stereocenters. The second kappa shape index (κ2) is 6.81. The van der Waals surface area contributed by atoms with Crippen LogP contribution in [0.4, 0.5) is 4.79 Å². The van der Waals surface area contributed by atoms with Gasteiger partial charge in [0, 0.05) is 19.7 Å². The molecule has 1 aromatic heterocycles. The van der Waals surface area contributed by atoms with E-state index >= 15 is 0 Å². The quantitative estimate of drug-likeness (QED) is 0.806. The van der Waals surface area contributed by atoms with Gasteiger partial charge in [0.05, 0.1) is 17.6 Å². The molecule has 0 saturated carbocycles. The molecule has 3 N–H and O–H groups in total. The third kappa shape index (κ3) is 3.24. The highest BCUT2D eigenvalue weighted by atomic mass is 16.3. The first-order chi connectivity index (χ1) is 11.6. The van der Waals surface area contributed by atoms with Crippen molar-refractivity contribution in [3.8, 4) is 0 Å². The largest absolute Gasteiger partial charge is 0.396 e.